The quantitative estimate of drug-likeness (QED) is 0.833. The predicted octanol–water partition coefficient (Wildman–Crippen LogP) is 3.59. The Bertz CT molecular complexity index is 692. The van der Waals surface area contributed by atoms with Gasteiger partial charge in [-0.05, 0) is 24.3 Å². The van der Waals surface area contributed by atoms with Gasteiger partial charge in [-0.25, -0.2) is 13.2 Å². The van der Waals surface area contributed by atoms with Crippen LogP contribution < -0.4 is 11.1 Å². The Morgan fingerprint density at radius 1 is 1.05 bits per heavy atom. The first kappa shape index (κ1) is 14.2. The van der Waals surface area contributed by atoms with Gasteiger partial charge in [0.05, 0.1) is 16.4 Å². The lowest BCUT2D eigenvalue weighted by atomic mass is 10.2. The molecule has 104 valence electrons. The van der Waals surface area contributed by atoms with Crippen molar-refractivity contribution in [1.82, 2.24) is 0 Å². The highest BCUT2D eigenvalue weighted by Gasteiger charge is 2.13. The highest BCUT2D eigenvalue weighted by Crippen LogP contribution is 2.22. The first-order chi connectivity index (χ1) is 9.38. The minimum Gasteiger partial charge on any atom is -0.396 e. The number of amides is 1. The maximum Gasteiger partial charge on any atom is 0.255 e. The van der Waals surface area contributed by atoms with E-state index in [1.165, 1.54) is 6.07 Å². The summed E-state index contributed by atoms with van der Waals surface area (Å²) in [7, 11) is 0. The summed E-state index contributed by atoms with van der Waals surface area (Å²) in [6.45, 7) is 0. The third-order valence-electron chi connectivity index (χ3n) is 2.52. The molecule has 2 rings (SSSR count). The van der Waals surface area contributed by atoms with E-state index in [4.69, 9.17) is 17.3 Å². The summed E-state index contributed by atoms with van der Waals surface area (Å²) in [5, 5.41) is 1.96. The number of rotatable bonds is 2. The highest BCUT2D eigenvalue weighted by molar-refractivity contribution is 6.31. The molecule has 0 saturated heterocycles. The molecular weight excluding hydrogens is 293 g/mol. The molecule has 20 heavy (non-hydrogen) atoms. The van der Waals surface area contributed by atoms with Crippen molar-refractivity contribution in [2.75, 3.05) is 11.1 Å². The van der Waals surface area contributed by atoms with Crippen molar-refractivity contribution in [2.24, 2.45) is 0 Å². The van der Waals surface area contributed by atoms with Gasteiger partial charge in [-0.2, -0.15) is 0 Å². The van der Waals surface area contributed by atoms with Crippen molar-refractivity contribution in [3.05, 3.63) is 58.4 Å². The summed E-state index contributed by atoms with van der Waals surface area (Å²) in [6.07, 6.45) is 0. The van der Waals surface area contributed by atoms with Gasteiger partial charge in [0.2, 0.25) is 0 Å². The second-order valence-electron chi connectivity index (χ2n) is 3.94. The number of hydrogen-bond acceptors (Lipinski definition) is 2. The Hall–Kier alpha value is -2.21. The summed E-state index contributed by atoms with van der Waals surface area (Å²) in [6, 6.07) is 4.79. The van der Waals surface area contributed by atoms with E-state index < -0.39 is 23.4 Å². The van der Waals surface area contributed by atoms with Gasteiger partial charge in [-0.3, -0.25) is 4.79 Å². The van der Waals surface area contributed by atoms with E-state index in [-0.39, 0.29) is 22.0 Å². The molecule has 0 saturated carbocycles. The molecule has 0 spiro atoms. The number of carbonyl (C=O) groups is 1. The van der Waals surface area contributed by atoms with Crippen molar-refractivity contribution in [3.63, 3.8) is 0 Å². The molecule has 0 heterocycles. The van der Waals surface area contributed by atoms with Crippen LogP contribution in [0.3, 0.4) is 0 Å². The molecule has 2 aromatic rings. The normalized spacial score (nSPS) is 10.4. The lowest BCUT2D eigenvalue weighted by Gasteiger charge is -2.08. The molecule has 0 unspecified atom stereocenters. The maximum absolute atomic E-state index is 13.5. The van der Waals surface area contributed by atoms with E-state index in [1.807, 2.05) is 0 Å². The van der Waals surface area contributed by atoms with Crippen LogP contribution >= 0.6 is 11.6 Å². The molecule has 0 radical (unpaired) electrons. The van der Waals surface area contributed by atoms with Crippen molar-refractivity contribution in [2.45, 2.75) is 0 Å². The summed E-state index contributed by atoms with van der Waals surface area (Å²) < 4.78 is 39.4. The summed E-state index contributed by atoms with van der Waals surface area (Å²) in [4.78, 5) is 11.8. The fourth-order valence-corrected chi connectivity index (χ4v) is 1.67. The smallest absolute Gasteiger partial charge is 0.255 e. The molecule has 2 aromatic carbocycles. The number of carbonyl (C=O) groups excluding carboxylic acids is 1. The second kappa shape index (κ2) is 5.42. The molecule has 7 heteroatoms. The van der Waals surface area contributed by atoms with Crippen molar-refractivity contribution < 1.29 is 18.0 Å². The Morgan fingerprint density at radius 3 is 2.40 bits per heavy atom. The Labute approximate surface area is 117 Å². The van der Waals surface area contributed by atoms with Crippen LogP contribution in [-0.4, -0.2) is 5.91 Å². The molecule has 3 N–H and O–H groups in total. The van der Waals surface area contributed by atoms with Gasteiger partial charge in [0, 0.05) is 11.6 Å². The molecule has 0 aliphatic rings. The van der Waals surface area contributed by atoms with Gasteiger partial charge >= 0.3 is 0 Å². The van der Waals surface area contributed by atoms with Crippen molar-refractivity contribution in [1.29, 1.82) is 0 Å². The van der Waals surface area contributed by atoms with Gasteiger partial charge in [-0.1, -0.05) is 11.6 Å². The number of anilines is 2. The largest absolute Gasteiger partial charge is 0.396 e. The van der Waals surface area contributed by atoms with Crippen LogP contribution in [0.25, 0.3) is 0 Å². The second-order valence-corrected chi connectivity index (χ2v) is 4.34. The molecule has 0 fully saturated rings. The molecule has 0 aliphatic carbocycles. The molecule has 1 amide bonds. The zero-order valence-corrected chi connectivity index (χ0v) is 10.6. The average Bonchev–Trinajstić information content (AvgIpc) is 2.39. The lowest BCUT2D eigenvalue weighted by molar-refractivity contribution is 0.102. The van der Waals surface area contributed by atoms with Crippen molar-refractivity contribution >= 4 is 28.9 Å². The molecule has 0 aliphatic heterocycles. The van der Waals surface area contributed by atoms with Gasteiger partial charge in [0.15, 0.2) is 0 Å². The van der Waals surface area contributed by atoms with Crippen molar-refractivity contribution in [3.8, 4) is 0 Å². The van der Waals surface area contributed by atoms with Gasteiger partial charge in [0.1, 0.15) is 17.5 Å². The SMILES string of the molecule is Nc1cc(NC(=O)c2ccc(F)c(Cl)c2)c(F)cc1F. The third-order valence-corrected chi connectivity index (χ3v) is 2.81. The van der Waals surface area contributed by atoms with E-state index in [0.29, 0.717) is 6.07 Å². The monoisotopic (exact) mass is 300 g/mol. The Balaban J connectivity index is 2.27. The van der Waals surface area contributed by atoms with Gasteiger partial charge in [0.25, 0.3) is 5.91 Å². The number of nitrogens with two attached hydrogens (primary N) is 1. The van der Waals surface area contributed by atoms with Gasteiger partial charge in [-0.15, -0.1) is 0 Å². The van der Waals surface area contributed by atoms with Crippen LogP contribution in [-0.2, 0) is 0 Å². The maximum atomic E-state index is 13.5. The van der Waals surface area contributed by atoms with E-state index in [2.05, 4.69) is 5.32 Å². The lowest BCUT2D eigenvalue weighted by Crippen LogP contribution is -2.13. The van der Waals surface area contributed by atoms with Crippen LogP contribution in [0.4, 0.5) is 24.5 Å². The van der Waals surface area contributed by atoms with Crippen LogP contribution in [0.15, 0.2) is 30.3 Å². The predicted molar refractivity (Wildman–Crippen MR) is 70.1 cm³/mol. The van der Waals surface area contributed by atoms with E-state index in [1.54, 1.807) is 0 Å². The van der Waals surface area contributed by atoms with E-state index >= 15 is 0 Å². The average molecular weight is 301 g/mol. The fourth-order valence-electron chi connectivity index (χ4n) is 1.49. The van der Waals surface area contributed by atoms with Crippen LogP contribution in [0.2, 0.25) is 5.02 Å². The van der Waals surface area contributed by atoms with Gasteiger partial charge < -0.3 is 11.1 Å². The molecule has 3 nitrogen and oxygen atoms in total. The summed E-state index contributed by atoms with van der Waals surface area (Å²) in [5.74, 6) is -3.30. The number of benzene rings is 2. The van der Waals surface area contributed by atoms with Crippen LogP contribution in [0, 0.1) is 17.5 Å². The summed E-state index contributed by atoms with van der Waals surface area (Å²) >= 11 is 5.54. The molecule has 0 atom stereocenters. The first-order valence-electron chi connectivity index (χ1n) is 5.39. The Morgan fingerprint density at radius 2 is 1.75 bits per heavy atom. The molecule has 0 bridgehead atoms. The minimum atomic E-state index is -0.974. The number of hydrogen-bond donors (Lipinski definition) is 2. The zero-order chi connectivity index (χ0) is 14.9. The van der Waals surface area contributed by atoms with Crippen LogP contribution in [0.1, 0.15) is 10.4 Å². The third kappa shape index (κ3) is 2.85. The van der Waals surface area contributed by atoms with E-state index in [0.717, 1.165) is 18.2 Å². The van der Waals surface area contributed by atoms with E-state index in [9.17, 15) is 18.0 Å². The standard InChI is InChI=1S/C13H8ClF3N2O/c14-7-3-6(1-2-8(7)15)13(20)19-12-5-11(18)9(16)4-10(12)17/h1-5H,18H2,(H,19,20). The zero-order valence-electron chi connectivity index (χ0n) is 9.88. The highest BCUT2D eigenvalue weighted by atomic mass is 35.5. The molecular formula is C13H8ClF3N2O. The summed E-state index contributed by atoms with van der Waals surface area (Å²) in [5.41, 5.74) is 4.72. The topological polar surface area (TPSA) is 55.1 Å². The fraction of sp³-hybridized carbons (Fsp3) is 0. The number of nitrogen functional groups attached to an aromatic ring is 1. The number of halogens is 4. The van der Waals surface area contributed by atoms with Crippen LogP contribution in [0.5, 0.6) is 0 Å². The number of nitrogens with one attached hydrogen (secondary N) is 1. The Kier molecular flexibility index (Phi) is 3.85. The molecule has 0 aromatic heterocycles. The minimum absolute atomic E-state index is 0.0266. The first-order valence-corrected chi connectivity index (χ1v) is 5.77.